The quantitative estimate of drug-likeness (QED) is 0.775. The lowest BCUT2D eigenvalue weighted by atomic mass is 9.84. The fourth-order valence-corrected chi connectivity index (χ4v) is 4.11. The first-order chi connectivity index (χ1) is 10.8. The highest BCUT2D eigenvalue weighted by molar-refractivity contribution is 5.76. The van der Waals surface area contributed by atoms with E-state index in [0.717, 1.165) is 19.4 Å². The van der Waals surface area contributed by atoms with Gasteiger partial charge in [-0.25, -0.2) is 0 Å². The van der Waals surface area contributed by atoms with E-state index in [-0.39, 0.29) is 12.0 Å². The monoisotopic (exact) mass is 301 g/mol. The summed E-state index contributed by atoms with van der Waals surface area (Å²) >= 11 is 0. The van der Waals surface area contributed by atoms with Gasteiger partial charge < -0.3 is 4.74 Å². The lowest BCUT2D eigenvalue weighted by molar-refractivity contribution is -0.149. The maximum Gasteiger partial charge on any atom is 0.323 e. The lowest BCUT2D eigenvalue weighted by Gasteiger charge is -2.33. The van der Waals surface area contributed by atoms with E-state index < -0.39 is 0 Å². The Morgan fingerprint density at radius 2 is 2.00 bits per heavy atom. The van der Waals surface area contributed by atoms with Gasteiger partial charge in [0, 0.05) is 12.6 Å². The van der Waals surface area contributed by atoms with Crippen LogP contribution in [-0.2, 0) is 16.1 Å². The largest absolute Gasteiger partial charge is 0.465 e. The van der Waals surface area contributed by atoms with Crippen molar-refractivity contribution in [2.75, 3.05) is 6.61 Å². The summed E-state index contributed by atoms with van der Waals surface area (Å²) in [7, 11) is 0. The minimum absolute atomic E-state index is 0.00724. The summed E-state index contributed by atoms with van der Waals surface area (Å²) in [5, 5.41) is 0. The summed E-state index contributed by atoms with van der Waals surface area (Å²) in [6.45, 7) is 3.46. The van der Waals surface area contributed by atoms with Crippen LogP contribution >= 0.6 is 0 Å². The zero-order valence-corrected chi connectivity index (χ0v) is 13.5. The number of esters is 1. The number of hydrogen-bond acceptors (Lipinski definition) is 3. The Labute approximate surface area is 133 Å². The number of carbonyl (C=O) groups is 1. The number of hydrogen-bond donors (Lipinski definition) is 0. The Kier molecular flexibility index (Phi) is 5.14. The molecule has 1 heterocycles. The number of likely N-dealkylation sites (tertiary alicyclic amines) is 1. The Bertz CT molecular complexity index is 487. The van der Waals surface area contributed by atoms with Gasteiger partial charge in [0.25, 0.3) is 0 Å². The molecule has 3 nitrogen and oxygen atoms in total. The summed E-state index contributed by atoms with van der Waals surface area (Å²) in [5.41, 5.74) is 1.29. The summed E-state index contributed by atoms with van der Waals surface area (Å²) in [6, 6.07) is 11.0. The van der Waals surface area contributed by atoms with Crippen molar-refractivity contribution in [3.63, 3.8) is 0 Å². The molecule has 1 saturated carbocycles. The number of benzene rings is 1. The molecule has 1 aliphatic heterocycles. The van der Waals surface area contributed by atoms with Gasteiger partial charge in [-0.15, -0.1) is 0 Å². The first-order valence-corrected chi connectivity index (χ1v) is 8.76. The molecule has 1 aliphatic carbocycles. The molecular weight excluding hydrogens is 274 g/mol. The predicted molar refractivity (Wildman–Crippen MR) is 87.4 cm³/mol. The van der Waals surface area contributed by atoms with E-state index in [1.165, 1.54) is 31.2 Å². The number of ether oxygens (including phenoxy) is 1. The summed E-state index contributed by atoms with van der Waals surface area (Å²) < 4.78 is 5.47. The Balaban J connectivity index is 1.75. The normalized spacial score (nSPS) is 28.3. The molecule has 1 aromatic rings. The maximum absolute atomic E-state index is 12.5. The topological polar surface area (TPSA) is 29.5 Å². The van der Waals surface area contributed by atoms with E-state index in [2.05, 4.69) is 29.2 Å². The van der Waals surface area contributed by atoms with Crippen molar-refractivity contribution < 1.29 is 9.53 Å². The number of carbonyl (C=O) groups excluding carboxylic acids is 1. The zero-order chi connectivity index (χ0) is 15.4. The fourth-order valence-electron chi connectivity index (χ4n) is 4.11. The second-order valence-corrected chi connectivity index (χ2v) is 6.69. The number of nitrogens with zero attached hydrogens (tertiary/aromatic N) is 1. The van der Waals surface area contributed by atoms with Crippen molar-refractivity contribution in [3.05, 3.63) is 35.9 Å². The van der Waals surface area contributed by atoms with E-state index in [1.807, 2.05) is 13.0 Å². The van der Waals surface area contributed by atoms with Gasteiger partial charge in [0.05, 0.1) is 6.61 Å². The third-order valence-corrected chi connectivity index (χ3v) is 5.15. The molecule has 0 bridgehead atoms. The Morgan fingerprint density at radius 1 is 1.23 bits per heavy atom. The minimum Gasteiger partial charge on any atom is -0.465 e. The van der Waals surface area contributed by atoms with Crippen LogP contribution in [0.1, 0.15) is 51.0 Å². The molecule has 0 N–H and O–H groups in total. The van der Waals surface area contributed by atoms with Crippen molar-refractivity contribution >= 4 is 5.97 Å². The second kappa shape index (κ2) is 7.28. The highest BCUT2D eigenvalue weighted by atomic mass is 16.5. The molecule has 3 unspecified atom stereocenters. The SMILES string of the molecule is CCCOC(=O)C1CC2CCCCC2N1Cc1ccccc1. The lowest BCUT2D eigenvalue weighted by Crippen LogP contribution is -2.42. The highest BCUT2D eigenvalue weighted by Gasteiger charge is 2.45. The van der Waals surface area contributed by atoms with Gasteiger partial charge in [-0.1, -0.05) is 50.1 Å². The van der Waals surface area contributed by atoms with Crippen LogP contribution < -0.4 is 0 Å². The smallest absolute Gasteiger partial charge is 0.323 e. The highest BCUT2D eigenvalue weighted by Crippen LogP contribution is 2.40. The maximum atomic E-state index is 12.5. The first-order valence-electron chi connectivity index (χ1n) is 8.76. The van der Waals surface area contributed by atoms with Crippen LogP contribution in [0.5, 0.6) is 0 Å². The number of rotatable bonds is 5. The standard InChI is InChI=1S/C19H27NO2/c1-2-12-22-19(21)18-13-16-10-6-7-11-17(16)20(18)14-15-8-4-3-5-9-15/h3-5,8-9,16-18H,2,6-7,10-14H2,1H3. The molecule has 120 valence electrons. The van der Waals surface area contributed by atoms with Gasteiger partial charge in [0.15, 0.2) is 0 Å². The third kappa shape index (κ3) is 3.35. The predicted octanol–water partition coefficient (Wildman–Crippen LogP) is 3.77. The molecule has 0 spiro atoms. The van der Waals surface area contributed by atoms with Crippen LogP contribution in [0.3, 0.4) is 0 Å². The van der Waals surface area contributed by atoms with Crippen molar-refractivity contribution in [2.24, 2.45) is 5.92 Å². The average molecular weight is 301 g/mol. The van der Waals surface area contributed by atoms with Crippen LogP contribution in [0.4, 0.5) is 0 Å². The van der Waals surface area contributed by atoms with E-state index >= 15 is 0 Å². The molecule has 0 aromatic heterocycles. The Hall–Kier alpha value is -1.35. The van der Waals surface area contributed by atoms with E-state index in [9.17, 15) is 4.79 Å². The first kappa shape index (κ1) is 15.5. The summed E-state index contributed by atoms with van der Waals surface area (Å²) in [5.74, 6) is 0.670. The molecule has 22 heavy (non-hydrogen) atoms. The molecule has 0 amide bonds. The molecule has 0 radical (unpaired) electrons. The average Bonchev–Trinajstić information content (AvgIpc) is 2.92. The van der Waals surface area contributed by atoms with Crippen molar-refractivity contribution in [1.29, 1.82) is 0 Å². The van der Waals surface area contributed by atoms with Crippen LogP contribution in [0, 0.1) is 5.92 Å². The molecular formula is C19H27NO2. The van der Waals surface area contributed by atoms with E-state index in [4.69, 9.17) is 4.74 Å². The fraction of sp³-hybridized carbons (Fsp3) is 0.632. The van der Waals surface area contributed by atoms with Crippen LogP contribution in [0.2, 0.25) is 0 Å². The Morgan fingerprint density at radius 3 is 2.77 bits per heavy atom. The van der Waals surface area contributed by atoms with Gasteiger partial charge in [-0.2, -0.15) is 0 Å². The van der Waals surface area contributed by atoms with Gasteiger partial charge in [0.1, 0.15) is 6.04 Å². The summed E-state index contributed by atoms with van der Waals surface area (Å²) in [4.78, 5) is 14.9. The van der Waals surface area contributed by atoms with Gasteiger partial charge in [0.2, 0.25) is 0 Å². The molecule has 1 aromatic carbocycles. The molecule has 3 rings (SSSR count). The van der Waals surface area contributed by atoms with Crippen molar-refractivity contribution in [2.45, 2.75) is 64.1 Å². The van der Waals surface area contributed by atoms with E-state index in [0.29, 0.717) is 18.6 Å². The zero-order valence-electron chi connectivity index (χ0n) is 13.5. The van der Waals surface area contributed by atoms with Crippen LogP contribution in [0.25, 0.3) is 0 Å². The number of fused-ring (bicyclic) bond motifs is 1. The molecule has 3 heteroatoms. The van der Waals surface area contributed by atoms with Crippen LogP contribution in [-0.4, -0.2) is 29.6 Å². The molecule has 2 fully saturated rings. The third-order valence-electron chi connectivity index (χ3n) is 5.15. The van der Waals surface area contributed by atoms with E-state index in [1.54, 1.807) is 0 Å². The van der Waals surface area contributed by atoms with Gasteiger partial charge >= 0.3 is 5.97 Å². The van der Waals surface area contributed by atoms with Crippen LogP contribution in [0.15, 0.2) is 30.3 Å². The second-order valence-electron chi connectivity index (χ2n) is 6.69. The minimum atomic E-state index is -0.0418. The summed E-state index contributed by atoms with van der Waals surface area (Å²) in [6.07, 6.45) is 6.99. The molecule has 1 saturated heterocycles. The van der Waals surface area contributed by atoms with Gasteiger partial charge in [-0.05, 0) is 37.2 Å². The van der Waals surface area contributed by atoms with Gasteiger partial charge in [-0.3, -0.25) is 9.69 Å². The molecule has 2 aliphatic rings. The van der Waals surface area contributed by atoms with Crippen molar-refractivity contribution in [1.82, 2.24) is 4.90 Å². The van der Waals surface area contributed by atoms with Crippen molar-refractivity contribution in [3.8, 4) is 0 Å². The molecule has 3 atom stereocenters.